The van der Waals surface area contributed by atoms with Crippen molar-refractivity contribution in [3.8, 4) is 17.2 Å². The maximum absolute atomic E-state index is 14.7. The molecule has 11 nitrogen and oxygen atoms in total. The first-order valence-corrected chi connectivity index (χ1v) is 16.9. The summed E-state index contributed by atoms with van der Waals surface area (Å²) in [6.45, 7) is 4.34. The highest BCUT2D eigenvalue weighted by Crippen LogP contribution is 2.34. The first kappa shape index (κ1) is 33.9. The number of aromatic amines is 1. The van der Waals surface area contributed by atoms with Crippen molar-refractivity contribution in [3.63, 3.8) is 0 Å². The molecular weight excluding hydrogens is 639 g/mol. The molecule has 0 saturated carbocycles. The number of thiazole rings is 1. The van der Waals surface area contributed by atoms with Crippen LogP contribution in [0.15, 0.2) is 53.3 Å². The van der Waals surface area contributed by atoms with Crippen molar-refractivity contribution in [1.29, 1.82) is 0 Å². The van der Waals surface area contributed by atoms with Crippen LogP contribution in [0, 0.1) is 5.82 Å². The van der Waals surface area contributed by atoms with Gasteiger partial charge in [-0.1, -0.05) is 23.5 Å². The zero-order valence-corrected chi connectivity index (χ0v) is 27.9. The number of amides is 1. The van der Waals surface area contributed by atoms with Gasteiger partial charge in [0.25, 0.3) is 5.91 Å². The highest BCUT2D eigenvalue weighted by molar-refractivity contribution is 7.16. The third-order valence-corrected chi connectivity index (χ3v) is 10.2. The Kier molecular flexibility index (Phi) is 10.3. The number of fused-ring (bicyclic) bond motifs is 1. The number of nitrogens with zero attached hydrogens (tertiary/aromatic N) is 2. The van der Waals surface area contributed by atoms with Gasteiger partial charge in [0, 0.05) is 38.3 Å². The minimum absolute atomic E-state index is 0.0365. The Balaban J connectivity index is 1.00. The van der Waals surface area contributed by atoms with Gasteiger partial charge in [-0.15, -0.1) is 0 Å². The zero-order chi connectivity index (χ0) is 33.8. The first-order chi connectivity index (χ1) is 23.2. The first-order valence-electron chi connectivity index (χ1n) is 16.1. The summed E-state index contributed by atoms with van der Waals surface area (Å²) in [5, 5.41) is 24.0. The van der Waals surface area contributed by atoms with Crippen molar-refractivity contribution in [2.75, 3.05) is 60.1 Å². The van der Waals surface area contributed by atoms with Crippen LogP contribution >= 0.6 is 11.3 Å². The van der Waals surface area contributed by atoms with Gasteiger partial charge in [0.2, 0.25) is 0 Å². The smallest absolute Gasteiger partial charge is 0.305 e. The van der Waals surface area contributed by atoms with Crippen molar-refractivity contribution in [1.82, 2.24) is 20.1 Å². The molecule has 1 spiro atoms. The number of aliphatic hydroxyl groups is 1. The van der Waals surface area contributed by atoms with Gasteiger partial charge in [-0.25, -0.2) is 4.39 Å². The molecule has 13 heteroatoms. The summed E-state index contributed by atoms with van der Waals surface area (Å²) in [5.41, 5.74) is 2.67. The number of aromatic hydroxyl groups is 1. The maximum atomic E-state index is 14.7. The van der Waals surface area contributed by atoms with E-state index in [4.69, 9.17) is 14.2 Å². The molecule has 2 fully saturated rings. The predicted molar refractivity (Wildman–Crippen MR) is 181 cm³/mol. The molecule has 2 aliphatic rings. The van der Waals surface area contributed by atoms with Gasteiger partial charge in [-0.05, 0) is 73.3 Å². The molecule has 0 radical (unpaired) electrons. The van der Waals surface area contributed by atoms with Crippen molar-refractivity contribution in [3.05, 3.63) is 86.3 Å². The van der Waals surface area contributed by atoms with E-state index in [9.17, 15) is 24.2 Å². The highest BCUT2D eigenvalue weighted by Gasteiger charge is 2.41. The number of morpholine rings is 1. The number of aromatic nitrogens is 1. The molecule has 0 aliphatic carbocycles. The van der Waals surface area contributed by atoms with Crippen LogP contribution in [0.25, 0.3) is 10.2 Å². The normalized spacial score (nSPS) is 17.1. The average Bonchev–Trinajstić information content (AvgIpc) is 3.49. The molecule has 3 heterocycles. The number of piperidine rings is 1. The Labute approximate surface area is 281 Å². The maximum Gasteiger partial charge on any atom is 0.305 e. The van der Waals surface area contributed by atoms with Gasteiger partial charge in [0.05, 0.1) is 49.3 Å². The van der Waals surface area contributed by atoms with Crippen LogP contribution in [0.1, 0.15) is 46.0 Å². The fourth-order valence-electron chi connectivity index (χ4n) is 6.69. The average molecular weight is 681 g/mol. The predicted octanol–water partition coefficient (Wildman–Crippen LogP) is 3.82. The number of carbonyl (C=O) groups excluding carboxylic acids is 1. The topological polar surface area (TPSA) is 137 Å². The van der Waals surface area contributed by atoms with Crippen LogP contribution in [0.3, 0.4) is 0 Å². The Morgan fingerprint density at radius 2 is 1.90 bits per heavy atom. The van der Waals surface area contributed by atoms with Gasteiger partial charge in [0.15, 0.2) is 0 Å². The van der Waals surface area contributed by atoms with E-state index in [1.54, 1.807) is 44.6 Å². The monoisotopic (exact) mass is 680 g/mol. The molecule has 3 aromatic carbocycles. The van der Waals surface area contributed by atoms with Crippen molar-refractivity contribution < 1.29 is 33.6 Å². The van der Waals surface area contributed by atoms with E-state index in [1.807, 2.05) is 11.0 Å². The van der Waals surface area contributed by atoms with E-state index < -0.39 is 11.7 Å². The van der Waals surface area contributed by atoms with Crippen LogP contribution in [-0.2, 0) is 17.7 Å². The van der Waals surface area contributed by atoms with Gasteiger partial charge in [-0.2, -0.15) is 0 Å². The molecule has 1 aromatic heterocycles. The molecule has 1 atom stereocenters. The number of carbonyl (C=O) groups is 1. The van der Waals surface area contributed by atoms with E-state index in [1.165, 1.54) is 12.1 Å². The van der Waals surface area contributed by atoms with Crippen LogP contribution in [-0.4, -0.2) is 96.6 Å². The summed E-state index contributed by atoms with van der Waals surface area (Å²) in [6, 6.07) is 13.4. The lowest BCUT2D eigenvalue weighted by atomic mass is 9.88. The van der Waals surface area contributed by atoms with E-state index >= 15 is 0 Å². The number of phenolic OH excluding ortho intramolecular Hbond substituents is 1. The van der Waals surface area contributed by atoms with Gasteiger partial charge in [0.1, 0.15) is 28.6 Å². The summed E-state index contributed by atoms with van der Waals surface area (Å²) in [7, 11) is 3.12. The van der Waals surface area contributed by atoms with E-state index in [0.29, 0.717) is 72.0 Å². The summed E-state index contributed by atoms with van der Waals surface area (Å²) >= 11 is 0.948. The lowest BCUT2D eigenvalue weighted by Gasteiger charge is -2.47. The zero-order valence-electron chi connectivity index (χ0n) is 27.1. The summed E-state index contributed by atoms with van der Waals surface area (Å²) in [4.78, 5) is 31.8. The number of likely N-dealkylation sites (tertiary alicyclic amines) is 1. The third kappa shape index (κ3) is 7.50. The Hall–Kier alpha value is -4.01. The van der Waals surface area contributed by atoms with E-state index in [0.717, 1.165) is 48.4 Å². The number of nitrogens with one attached hydrogen (secondary N) is 2. The minimum Gasteiger partial charge on any atom is -0.506 e. The summed E-state index contributed by atoms with van der Waals surface area (Å²) in [5.74, 6) is 0.666. The number of benzene rings is 3. The highest BCUT2D eigenvalue weighted by atomic mass is 32.1. The number of hydrogen-bond acceptors (Lipinski definition) is 10. The molecular formula is C35H41FN4O7S. The number of H-pyrrole nitrogens is 1. The van der Waals surface area contributed by atoms with Gasteiger partial charge in [-0.3, -0.25) is 14.5 Å². The Morgan fingerprint density at radius 1 is 1.10 bits per heavy atom. The molecule has 1 amide bonds. The van der Waals surface area contributed by atoms with Gasteiger partial charge >= 0.3 is 4.87 Å². The molecule has 256 valence electrons. The molecule has 0 bridgehead atoms. The second-order valence-electron chi connectivity index (χ2n) is 12.4. The van der Waals surface area contributed by atoms with Crippen LogP contribution in [0.2, 0.25) is 0 Å². The lowest BCUT2D eigenvalue weighted by molar-refractivity contribution is -0.128. The van der Waals surface area contributed by atoms with Crippen LogP contribution < -0.4 is 19.7 Å². The summed E-state index contributed by atoms with van der Waals surface area (Å²) in [6.07, 6.45) is 1.20. The fourth-order valence-corrected chi connectivity index (χ4v) is 7.60. The quantitative estimate of drug-likeness (QED) is 0.174. The molecule has 4 aromatic rings. The Morgan fingerprint density at radius 3 is 2.67 bits per heavy atom. The number of rotatable bonds is 11. The van der Waals surface area contributed by atoms with E-state index in [2.05, 4.69) is 15.2 Å². The van der Waals surface area contributed by atoms with Gasteiger partial charge < -0.3 is 39.6 Å². The molecule has 6 rings (SSSR count). The fraction of sp³-hybridized carbons (Fsp3) is 0.429. The van der Waals surface area contributed by atoms with E-state index in [-0.39, 0.29) is 28.9 Å². The second kappa shape index (κ2) is 14.6. The molecule has 2 aliphatic heterocycles. The third-order valence-electron chi connectivity index (χ3n) is 9.24. The molecule has 2 saturated heterocycles. The van der Waals surface area contributed by atoms with Crippen molar-refractivity contribution in [2.24, 2.45) is 0 Å². The van der Waals surface area contributed by atoms with Crippen molar-refractivity contribution in [2.45, 2.75) is 37.5 Å². The SMILES string of the molecule is COc1ccc(OC)c(C(=O)N2CCOC3(CCN(Cc4cc(F)cc(CCNCC(O)c5ccc(O)c6[nH]c(=O)sc56)c4)CC3)C2)c1. The molecule has 4 N–H and O–H groups in total. The number of methoxy groups -OCH3 is 2. The molecule has 48 heavy (non-hydrogen) atoms. The number of ether oxygens (including phenoxy) is 3. The number of phenols is 1. The molecule has 1 unspecified atom stereocenters. The Bertz CT molecular complexity index is 1820. The standard InChI is InChI=1S/C35H41FN4O7S/c1-45-25-3-6-30(46-2)27(18-25)33(43)40-13-14-47-35(21-40)8-11-39(12-9-35)20-23-15-22(16-24(36)17-23)7-10-37-19-29(42)26-4-5-28(41)31-32(26)48-34(44)38-31/h3-6,15-18,29,37,41-42H,7-14,19-21H2,1-2H3,(H,38,44). The number of halogens is 1. The second-order valence-corrected chi connectivity index (χ2v) is 13.4. The number of hydrogen-bond donors (Lipinski definition) is 4. The number of aliphatic hydroxyl groups excluding tert-OH is 1. The van der Waals surface area contributed by atoms with Crippen molar-refractivity contribution >= 4 is 27.5 Å². The lowest BCUT2D eigenvalue weighted by Crippen LogP contribution is -2.57. The van der Waals surface area contributed by atoms with Crippen LogP contribution in [0.5, 0.6) is 17.2 Å². The minimum atomic E-state index is -0.881. The van der Waals surface area contributed by atoms with Crippen LogP contribution in [0.4, 0.5) is 4.39 Å². The summed E-state index contributed by atoms with van der Waals surface area (Å²) < 4.78 is 32.3. The largest absolute Gasteiger partial charge is 0.506 e.